The van der Waals surface area contributed by atoms with Crippen LogP contribution in [0, 0.1) is 0 Å². The Bertz CT molecular complexity index is 921. The van der Waals surface area contributed by atoms with Gasteiger partial charge >= 0.3 is 6.03 Å². The lowest BCUT2D eigenvalue weighted by molar-refractivity contribution is 0.206. The van der Waals surface area contributed by atoms with Gasteiger partial charge in [0.25, 0.3) is 0 Å². The summed E-state index contributed by atoms with van der Waals surface area (Å²) >= 11 is 0. The van der Waals surface area contributed by atoms with E-state index < -0.39 is 0 Å². The van der Waals surface area contributed by atoms with Crippen LogP contribution < -0.4 is 5.32 Å². The number of amides is 2. The fourth-order valence-corrected chi connectivity index (χ4v) is 3.54. The third kappa shape index (κ3) is 3.28. The van der Waals surface area contributed by atoms with Crippen molar-refractivity contribution in [1.82, 2.24) is 20.0 Å². The zero-order valence-corrected chi connectivity index (χ0v) is 14.5. The highest BCUT2D eigenvalue weighted by Gasteiger charge is 2.28. The molecule has 2 N–H and O–H groups in total. The molecule has 0 aliphatic carbocycles. The lowest BCUT2D eigenvalue weighted by Crippen LogP contribution is -2.38. The van der Waals surface area contributed by atoms with Crippen molar-refractivity contribution in [2.75, 3.05) is 13.1 Å². The van der Waals surface area contributed by atoms with Crippen LogP contribution in [0.3, 0.4) is 0 Å². The van der Waals surface area contributed by atoms with Crippen molar-refractivity contribution >= 4 is 16.9 Å². The second-order valence-electron chi connectivity index (χ2n) is 6.67. The number of para-hydroxylation sites is 1. The van der Waals surface area contributed by atoms with Crippen LogP contribution in [0.4, 0.5) is 4.79 Å². The largest absolute Gasteiger partial charge is 0.392 e. The molecule has 3 aromatic rings. The molecule has 1 aliphatic heterocycles. The maximum Gasteiger partial charge on any atom is 0.317 e. The maximum atomic E-state index is 12.5. The Morgan fingerprint density at radius 3 is 2.92 bits per heavy atom. The summed E-state index contributed by atoms with van der Waals surface area (Å²) in [7, 11) is 0. The monoisotopic (exact) mass is 350 g/mol. The lowest BCUT2D eigenvalue weighted by Gasteiger charge is -2.18. The molecular formula is C20H22N4O2. The van der Waals surface area contributed by atoms with E-state index in [-0.39, 0.29) is 18.7 Å². The van der Waals surface area contributed by atoms with Gasteiger partial charge in [0, 0.05) is 25.0 Å². The predicted molar refractivity (Wildman–Crippen MR) is 99.6 cm³/mol. The average molecular weight is 350 g/mol. The summed E-state index contributed by atoms with van der Waals surface area (Å²) in [5.41, 5.74) is 2.95. The molecule has 0 spiro atoms. The number of hydrogen-bond donors (Lipinski definition) is 2. The molecule has 134 valence electrons. The molecule has 1 aliphatic rings. The lowest BCUT2D eigenvalue weighted by atomic mass is 10.1. The summed E-state index contributed by atoms with van der Waals surface area (Å²) in [6, 6.07) is 15.9. The van der Waals surface area contributed by atoms with Gasteiger partial charge in [-0.2, -0.15) is 5.10 Å². The van der Waals surface area contributed by atoms with Crippen LogP contribution in [0.25, 0.3) is 10.9 Å². The Balaban J connectivity index is 1.38. The molecule has 1 saturated heterocycles. The van der Waals surface area contributed by atoms with Crippen LogP contribution >= 0.6 is 0 Å². The number of carbonyl (C=O) groups is 1. The van der Waals surface area contributed by atoms with Crippen molar-refractivity contribution in [2.45, 2.75) is 25.6 Å². The van der Waals surface area contributed by atoms with Gasteiger partial charge in [-0.1, -0.05) is 42.5 Å². The van der Waals surface area contributed by atoms with Crippen LogP contribution in [0.2, 0.25) is 0 Å². The van der Waals surface area contributed by atoms with Gasteiger partial charge in [0.05, 0.1) is 24.4 Å². The third-order valence-corrected chi connectivity index (χ3v) is 4.92. The van der Waals surface area contributed by atoms with E-state index in [1.165, 1.54) is 0 Å². The van der Waals surface area contributed by atoms with E-state index in [4.69, 9.17) is 0 Å². The maximum absolute atomic E-state index is 12.5. The second-order valence-corrected chi connectivity index (χ2v) is 6.67. The first-order chi connectivity index (χ1) is 12.7. The summed E-state index contributed by atoms with van der Waals surface area (Å²) in [6.45, 7) is 1.85. The van der Waals surface area contributed by atoms with Crippen molar-refractivity contribution in [3.8, 4) is 0 Å². The minimum atomic E-state index is -0.0571. The quantitative estimate of drug-likeness (QED) is 0.760. The molecule has 1 atom stereocenters. The van der Waals surface area contributed by atoms with E-state index in [0.29, 0.717) is 13.1 Å². The smallest absolute Gasteiger partial charge is 0.317 e. The second kappa shape index (κ2) is 7.17. The summed E-state index contributed by atoms with van der Waals surface area (Å²) in [5.74, 6) is 0. The van der Waals surface area contributed by atoms with E-state index in [2.05, 4.69) is 22.5 Å². The van der Waals surface area contributed by atoms with Gasteiger partial charge in [0.15, 0.2) is 0 Å². The molecular weight excluding hydrogens is 328 g/mol. The molecule has 0 radical (unpaired) electrons. The molecule has 2 amide bonds. The Morgan fingerprint density at radius 2 is 2.04 bits per heavy atom. The number of nitrogens with one attached hydrogen (secondary N) is 1. The highest BCUT2D eigenvalue weighted by atomic mass is 16.3. The first kappa shape index (κ1) is 16.6. The molecule has 4 rings (SSSR count). The Kier molecular flexibility index (Phi) is 4.58. The molecule has 6 nitrogen and oxygen atoms in total. The van der Waals surface area contributed by atoms with Crippen LogP contribution in [-0.2, 0) is 13.2 Å². The SMILES string of the molecule is O=C(NCc1cccc(CO)c1)N1CCC(n2ncc3ccccc32)C1. The number of benzene rings is 2. The van der Waals surface area contributed by atoms with Crippen LogP contribution in [0.1, 0.15) is 23.6 Å². The van der Waals surface area contributed by atoms with E-state index in [1.54, 1.807) is 0 Å². The summed E-state index contributed by atoms with van der Waals surface area (Å²) in [6.07, 6.45) is 2.78. The standard InChI is InChI=1S/C20H22N4O2/c25-14-16-5-3-4-15(10-16)11-21-20(26)23-9-8-18(13-23)24-19-7-2-1-6-17(19)12-22-24/h1-7,10,12,18,25H,8-9,11,13-14H2,(H,21,26). The first-order valence-corrected chi connectivity index (χ1v) is 8.88. The molecule has 6 heteroatoms. The molecule has 26 heavy (non-hydrogen) atoms. The number of rotatable bonds is 4. The van der Waals surface area contributed by atoms with Gasteiger partial charge in [0.2, 0.25) is 0 Å². The Labute approximate surface area is 152 Å². The number of hydrogen-bond acceptors (Lipinski definition) is 3. The number of aliphatic hydroxyl groups is 1. The van der Waals surface area contributed by atoms with Crippen molar-refractivity contribution in [3.63, 3.8) is 0 Å². The number of aromatic nitrogens is 2. The van der Waals surface area contributed by atoms with Crippen LogP contribution in [-0.4, -0.2) is 38.9 Å². The molecule has 1 aromatic heterocycles. The van der Waals surface area contributed by atoms with Crippen LogP contribution in [0.15, 0.2) is 54.7 Å². The van der Waals surface area contributed by atoms with Gasteiger partial charge in [-0.3, -0.25) is 4.68 Å². The average Bonchev–Trinajstić information content (AvgIpc) is 3.33. The van der Waals surface area contributed by atoms with Crippen molar-refractivity contribution < 1.29 is 9.90 Å². The topological polar surface area (TPSA) is 70.4 Å². The van der Waals surface area contributed by atoms with E-state index in [0.717, 1.165) is 35.0 Å². The molecule has 2 aromatic carbocycles. The minimum absolute atomic E-state index is 0.00736. The summed E-state index contributed by atoms with van der Waals surface area (Å²) in [5, 5.41) is 17.8. The van der Waals surface area contributed by atoms with Gasteiger partial charge in [-0.15, -0.1) is 0 Å². The summed E-state index contributed by atoms with van der Waals surface area (Å²) < 4.78 is 2.04. The number of urea groups is 1. The molecule has 2 heterocycles. The minimum Gasteiger partial charge on any atom is -0.392 e. The molecule has 1 unspecified atom stereocenters. The fraction of sp³-hybridized carbons (Fsp3) is 0.300. The predicted octanol–water partition coefficient (Wildman–Crippen LogP) is 2.69. The molecule has 0 saturated carbocycles. The van der Waals surface area contributed by atoms with E-state index in [9.17, 15) is 9.90 Å². The van der Waals surface area contributed by atoms with Crippen molar-refractivity contribution in [3.05, 3.63) is 65.9 Å². The van der Waals surface area contributed by atoms with Gasteiger partial charge < -0.3 is 15.3 Å². The third-order valence-electron chi connectivity index (χ3n) is 4.92. The van der Waals surface area contributed by atoms with E-state index in [1.807, 2.05) is 52.2 Å². The first-order valence-electron chi connectivity index (χ1n) is 8.88. The van der Waals surface area contributed by atoms with Gasteiger partial charge in [0.1, 0.15) is 0 Å². The number of nitrogens with zero attached hydrogens (tertiary/aromatic N) is 3. The zero-order valence-electron chi connectivity index (χ0n) is 14.5. The zero-order chi connectivity index (χ0) is 17.9. The van der Waals surface area contributed by atoms with Crippen molar-refractivity contribution in [1.29, 1.82) is 0 Å². The number of likely N-dealkylation sites (tertiary alicyclic amines) is 1. The Hall–Kier alpha value is -2.86. The normalized spacial score (nSPS) is 17.0. The van der Waals surface area contributed by atoms with Crippen LogP contribution in [0.5, 0.6) is 0 Å². The Morgan fingerprint density at radius 1 is 1.19 bits per heavy atom. The fourth-order valence-electron chi connectivity index (χ4n) is 3.54. The highest BCUT2D eigenvalue weighted by molar-refractivity contribution is 5.78. The highest BCUT2D eigenvalue weighted by Crippen LogP contribution is 2.25. The van der Waals surface area contributed by atoms with E-state index >= 15 is 0 Å². The van der Waals surface area contributed by atoms with Crippen molar-refractivity contribution in [2.24, 2.45) is 0 Å². The molecule has 0 bridgehead atoms. The molecule has 1 fully saturated rings. The number of fused-ring (bicyclic) bond motifs is 1. The summed E-state index contributed by atoms with van der Waals surface area (Å²) in [4.78, 5) is 14.3. The number of carbonyl (C=O) groups excluding carboxylic acids is 1. The van der Waals surface area contributed by atoms with Gasteiger partial charge in [-0.05, 0) is 23.6 Å². The number of aliphatic hydroxyl groups excluding tert-OH is 1. The van der Waals surface area contributed by atoms with Gasteiger partial charge in [-0.25, -0.2) is 4.79 Å².